The number of amides is 6. The standard InChI is InChI=1S/C49H52N8O6/c1-4-28(2)41-45(61)53-37-26-49(34-20-12-14-22-39(34)56-47(63)40(57(46(37)62)48(49)56)24-31-17-9-6-10-18-31)55-27-32(33-19-11-13-21-38(33)55)25-36(44(60)51-29(3)42(58)54-41)52-43(59)35(50)23-30-15-7-5-8-16-30/h5-22,27-29,35-37,40-41,48H,4,23-26,50H2,1-3H3,(H,51,60)(H,52,59)(H,53,61)(H,54,58). The van der Waals surface area contributed by atoms with E-state index in [9.17, 15) is 24.0 Å². The highest BCUT2D eigenvalue weighted by Gasteiger charge is 2.68. The number of piperidine rings is 1. The van der Waals surface area contributed by atoms with Crippen molar-refractivity contribution in [2.75, 3.05) is 4.90 Å². The van der Waals surface area contributed by atoms with Crippen LogP contribution in [0.25, 0.3) is 10.9 Å². The van der Waals surface area contributed by atoms with E-state index in [2.05, 4.69) is 25.8 Å². The van der Waals surface area contributed by atoms with Gasteiger partial charge in [0.25, 0.3) is 5.91 Å². The molecule has 4 aromatic carbocycles. The number of hydrogen-bond acceptors (Lipinski definition) is 7. The molecule has 1 spiro atoms. The fraction of sp³-hybridized carbons (Fsp3) is 0.347. The highest BCUT2D eigenvalue weighted by Crippen LogP contribution is 2.57. The molecule has 2 saturated heterocycles. The van der Waals surface area contributed by atoms with Crippen molar-refractivity contribution in [2.45, 2.75) is 101 Å². The zero-order chi connectivity index (χ0) is 44.2. The third kappa shape index (κ3) is 7.11. The van der Waals surface area contributed by atoms with Crippen LogP contribution in [0.5, 0.6) is 0 Å². The van der Waals surface area contributed by atoms with E-state index in [1.165, 1.54) is 6.92 Å². The van der Waals surface area contributed by atoms with Crippen molar-refractivity contribution in [3.8, 4) is 0 Å². The Kier molecular flexibility index (Phi) is 10.9. The molecule has 6 amide bonds. The normalized spacial score (nSPS) is 26.6. The van der Waals surface area contributed by atoms with Crippen molar-refractivity contribution in [3.05, 3.63) is 138 Å². The molecule has 0 saturated carbocycles. The lowest BCUT2D eigenvalue weighted by Gasteiger charge is -2.49. The molecule has 4 aliphatic heterocycles. The number of rotatable bonds is 8. The highest BCUT2D eigenvalue weighted by atomic mass is 16.2. The fourth-order valence-corrected chi connectivity index (χ4v) is 10.2. The number of carbonyl (C=O) groups is 6. The minimum Gasteiger partial charge on any atom is -0.343 e. The molecule has 2 fully saturated rings. The maximum Gasteiger partial charge on any atom is 0.252 e. The van der Waals surface area contributed by atoms with Crippen LogP contribution in [-0.2, 0) is 53.6 Å². The van der Waals surface area contributed by atoms with E-state index in [0.29, 0.717) is 17.7 Å². The Morgan fingerprint density at radius 3 is 2.21 bits per heavy atom. The van der Waals surface area contributed by atoms with Gasteiger partial charge in [0, 0.05) is 41.9 Å². The maximum atomic E-state index is 15.2. The number of benzene rings is 4. The number of nitrogens with zero attached hydrogens (tertiary/aromatic N) is 3. The van der Waals surface area contributed by atoms with E-state index < -0.39 is 77.5 Å². The Labute approximate surface area is 365 Å². The van der Waals surface area contributed by atoms with E-state index in [0.717, 1.165) is 27.6 Å². The van der Waals surface area contributed by atoms with Gasteiger partial charge >= 0.3 is 0 Å². The van der Waals surface area contributed by atoms with Gasteiger partial charge in [0.1, 0.15) is 41.9 Å². The summed E-state index contributed by atoms with van der Waals surface area (Å²) in [6.45, 7) is 5.26. The summed E-state index contributed by atoms with van der Waals surface area (Å²) in [5.41, 5.74) is 9.97. The van der Waals surface area contributed by atoms with E-state index in [1.54, 1.807) is 9.80 Å². The molecule has 14 nitrogen and oxygen atoms in total. The first-order valence-electron chi connectivity index (χ1n) is 21.8. The molecule has 63 heavy (non-hydrogen) atoms. The second kappa shape index (κ2) is 16.5. The largest absolute Gasteiger partial charge is 0.343 e. The second-order valence-electron chi connectivity index (χ2n) is 17.4. The summed E-state index contributed by atoms with van der Waals surface area (Å²) < 4.78 is 2.11. The first-order chi connectivity index (χ1) is 30.4. The van der Waals surface area contributed by atoms with Crippen molar-refractivity contribution in [1.82, 2.24) is 30.7 Å². The molecule has 9 rings (SSSR count). The molecular formula is C49H52N8O6. The van der Waals surface area contributed by atoms with E-state index in [-0.39, 0.29) is 37.5 Å². The Morgan fingerprint density at radius 2 is 1.48 bits per heavy atom. The van der Waals surface area contributed by atoms with Gasteiger partial charge in [-0.15, -0.1) is 0 Å². The van der Waals surface area contributed by atoms with Gasteiger partial charge in [0.2, 0.25) is 29.5 Å². The highest BCUT2D eigenvalue weighted by molar-refractivity contribution is 6.08. The van der Waals surface area contributed by atoms with Crippen molar-refractivity contribution in [3.63, 3.8) is 0 Å². The molecule has 14 heteroatoms. The van der Waals surface area contributed by atoms with Crippen LogP contribution in [0, 0.1) is 5.92 Å². The van der Waals surface area contributed by atoms with Crippen LogP contribution >= 0.6 is 0 Å². The Bertz CT molecular complexity index is 2620. The molecule has 9 atom stereocenters. The molecule has 0 aliphatic carbocycles. The van der Waals surface area contributed by atoms with Gasteiger partial charge in [0.05, 0.1) is 11.7 Å². The van der Waals surface area contributed by atoms with Crippen molar-refractivity contribution < 1.29 is 28.8 Å². The molecule has 1 aromatic heterocycles. The minimum atomic E-state index is -1.18. The summed E-state index contributed by atoms with van der Waals surface area (Å²) in [4.78, 5) is 90.5. The molecule has 5 aromatic rings. The van der Waals surface area contributed by atoms with Gasteiger partial charge in [-0.2, -0.15) is 0 Å². The van der Waals surface area contributed by atoms with Gasteiger partial charge in [-0.3, -0.25) is 33.7 Å². The molecular weight excluding hydrogens is 797 g/mol. The van der Waals surface area contributed by atoms with Crippen molar-refractivity contribution >= 4 is 52.0 Å². The smallest absolute Gasteiger partial charge is 0.252 e. The van der Waals surface area contributed by atoms with Gasteiger partial charge in [-0.1, -0.05) is 117 Å². The quantitative estimate of drug-likeness (QED) is 0.159. The number of hydrogen-bond donors (Lipinski definition) is 5. The predicted molar refractivity (Wildman–Crippen MR) is 237 cm³/mol. The summed E-state index contributed by atoms with van der Waals surface area (Å²) in [7, 11) is 0. The topological polar surface area (TPSA) is 188 Å². The molecule has 324 valence electrons. The van der Waals surface area contributed by atoms with Gasteiger partial charge < -0.3 is 36.5 Å². The molecule has 4 bridgehead atoms. The third-order valence-electron chi connectivity index (χ3n) is 13.5. The minimum absolute atomic E-state index is 0.0114. The average Bonchev–Trinajstić information content (AvgIpc) is 3.91. The van der Waals surface area contributed by atoms with Crippen LogP contribution < -0.4 is 31.9 Å². The monoisotopic (exact) mass is 848 g/mol. The number of anilines is 1. The molecule has 5 heterocycles. The number of nitrogens with two attached hydrogens (primary N) is 1. The number of carbonyl (C=O) groups excluding carboxylic acids is 6. The summed E-state index contributed by atoms with van der Waals surface area (Å²) in [6.07, 6.45) is 2.22. The van der Waals surface area contributed by atoms with Gasteiger partial charge in [-0.25, -0.2) is 0 Å². The zero-order valence-corrected chi connectivity index (χ0v) is 35.5. The first-order valence-corrected chi connectivity index (χ1v) is 21.8. The van der Waals surface area contributed by atoms with Crippen molar-refractivity contribution in [2.24, 2.45) is 11.7 Å². The average molecular weight is 849 g/mol. The van der Waals surface area contributed by atoms with Crippen LogP contribution in [0.4, 0.5) is 5.69 Å². The first kappa shape index (κ1) is 41.5. The van der Waals surface area contributed by atoms with Crippen molar-refractivity contribution in [1.29, 1.82) is 0 Å². The molecule has 4 aliphatic rings. The van der Waals surface area contributed by atoms with Crippen LogP contribution in [0.15, 0.2) is 115 Å². The molecule has 0 radical (unpaired) electrons. The number of aromatic nitrogens is 1. The predicted octanol–water partition coefficient (Wildman–Crippen LogP) is 3.05. The Balaban J connectivity index is 1.22. The molecule has 9 unspecified atom stereocenters. The van der Waals surface area contributed by atoms with E-state index in [1.807, 2.05) is 129 Å². The van der Waals surface area contributed by atoms with Gasteiger partial charge in [0.15, 0.2) is 0 Å². The van der Waals surface area contributed by atoms with E-state index >= 15 is 4.79 Å². The SMILES string of the molecule is CCC(C)C1NC(=O)C(C)NC(=O)C(NC(=O)C(N)Cc2ccccc2)Cc2cn(c3ccccc23)C23CC(NC1=O)C(=O)N1C(Cc4ccccc4)C(=O)N(c4ccccc42)C13. The molecule has 6 N–H and O–H groups in total. The zero-order valence-electron chi connectivity index (χ0n) is 35.5. The Hall–Kier alpha value is -6.80. The lowest BCUT2D eigenvalue weighted by Crippen LogP contribution is -2.68. The summed E-state index contributed by atoms with van der Waals surface area (Å²) >= 11 is 0. The number of para-hydroxylation sites is 2. The maximum absolute atomic E-state index is 15.2. The number of fused-ring (bicyclic) bond motifs is 8. The summed E-state index contributed by atoms with van der Waals surface area (Å²) in [5.74, 6) is -3.31. The number of nitrogens with one attached hydrogen (secondary N) is 4. The van der Waals surface area contributed by atoms with Crippen LogP contribution in [0.1, 0.15) is 55.9 Å². The van der Waals surface area contributed by atoms with Crippen LogP contribution in [0.2, 0.25) is 0 Å². The lowest BCUT2D eigenvalue weighted by atomic mass is 9.78. The third-order valence-corrected chi connectivity index (χ3v) is 13.5. The van der Waals surface area contributed by atoms with Gasteiger partial charge in [-0.05, 0) is 48.1 Å². The van der Waals surface area contributed by atoms with Crippen LogP contribution in [-0.4, -0.2) is 87.3 Å². The summed E-state index contributed by atoms with van der Waals surface area (Å²) in [6, 6.07) is 27.9. The fourth-order valence-electron chi connectivity index (χ4n) is 10.2. The Morgan fingerprint density at radius 1 is 0.810 bits per heavy atom. The summed E-state index contributed by atoms with van der Waals surface area (Å²) in [5, 5.41) is 12.4. The second-order valence-corrected chi connectivity index (χ2v) is 17.4. The lowest BCUT2D eigenvalue weighted by molar-refractivity contribution is -0.147. The van der Waals surface area contributed by atoms with E-state index in [4.69, 9.17) is 5.73 Å². The van der Waals surface area contributed by atoms with Crippen LogP contribution in [0.3, 0.4) is 0 Å².